The van der Waals surface area contributed by atoms with E-state index in [0.29, 0.717) is 11.8 Å². The van der Waals surface area contributed by atoms with Crippen LogP contribution in [0.15, 0.2) is 35.2 Å². The Balaban J connectivity index is 2.17. The molecule has 1 aromatic rings. The van der Waals surface area contributed by atoms with Crippen molar-refractivity contribution < 1.29 is 24.3 Å². The van der Waals surface area contributed by atoms with Crippen LogP contribution in [0.1, 0.15) is 10.4 Å². The molecule has 8 heteroatoms. The predicted molar refractivity (Wildman–Crippen MR) is 68.6 cm³/mol. The lowest BCUT2D eigenvalue weighted by Gasteiger charge is -2.10. The van der Waals surface area contributed by atoms with Gasteiger partial charge in [0.2, 0.25) is 5.91 Å². The highest BCUT2D eigenvalue weighted by atomic mass is 32.2. The molecule has 2 rings (SSSR count). The van der Waals surface area contributed by atoms with E-state index in [1.807, 2.05) is 5.32 Å². The van der Waals surface area contributed by atoms with Gasteiger partial charge in [-0.1, -0.05) is 18.2 Å². The van der Waals surface area contributed by atoms with Gasteiger partial charge in [-0.25, -0.2) is 0 Å². The molecule has 7 nitrogen and oxygen atoms in total. The second-order valence-electron chi connectivity index (χ2n) is 3.67. The third kappa shape index (κ3) is 3.04. The Morgan fingerprint density at radius 1 is 1.25 bits per heavy atom. The van der Waals surface area contributed by atoms with Crippen molar-refractivity contribution in [2.24, 2.45) is 0 Å². The smallest absolute Gasteiger partial charge is 0.290 e. The highest BCUT2D eigenvalue weighted by molar-refractivity contribution is 8.18. The van der Waals surface area contributed by atoms with Crippen LogP contribution in [0.25, 0.3) is 0 Å². The standard InChI is InChI=1S/C12H8N2O5S/c15-9(5-8-10(16)14-12(19)20-8)13-7-4-2-1-3-6(7)11(17)18/h1-5H,(H,13,15)(H,17,18)(H,14,16,19)/p-1/b8-5+. The number of benzene rings is 1. The van der Waals surface area contributed by atoms with Crippen molar-refractivity contribution >= 4 is 40.5 Å². The molecule has 0 bridgehead atoms. The molecule has 0 aromatic heterocycles. The van der Waals surface area contributed by atoms with E-state index in [-0.39, 0.29) is 16.2 Å². The monoisotopic (exact) mass is 291 g/mol. The molecule has 3 amide bonds. The number of hydrogen-bond acceptors (Lipinski definition) is 6. The highest BCUT2D eigenvalue weighted by Crippen LogP contribution is 2.23. The molecule has 0 aliphatic carbocycles. The number of nitrogens with one attached hydrogen (secondary N) is 2. The van der Waals surface area contributed by atoms with Gasteiger partial charge in [-0.05, 0) is 17.8 Å². The first-order chi connectivity index (χ1) is 9.47. The molecule has 0 saturated carbocycles. The first-order valence-electron chi connectivity index (χ1n) is 5.33. The predicted octanol–water partition coefficient (Wildman–Crippen LogP) is -0.145. The summed E-state index contributed by atoms with van der Waals surface area (Å²) in [7, 11) is 0. The van der Waals surface area contributed by atoms with E-state index in [4.69, 9.17) is 0 Å². The molecule has 1 fully saturated rings. The molecular weight excluding hydrogens is 284 g/mol. The van der Waals surface area contributed by atoms with Crippen LogP contribution in [0, 0.1) is 0 Å². The lowest BCUT2D eigenvalue weighted by molar-refractivity contribution is -0.254. The highest BCUT2D eigenvalue weighted by Gasteiger charge is 2.25. The Hall–Kier alpha value is -2.61. The summed E-state index contributed by atoms with van der Waals surface area (Å²) < 4.78 is 0. The van der Waals surface area contributed by atoms with E-state index in [0.717, 1.165) is 6.08 Å². The number of carboxylic acids is 1. The van der Waals surface area contributed by atoms with Crippen molar-refractivity contribution in [1.82, 2.24) is 5.32 Å². The molecule has 2 N–H and O–H groups in total. The summed E-state index contributed by atoms with van der Waals surface area (Å²) >= 11 is 0.595. The fourth-order valence-corrected chi connectivity index (χ4v) is 2.13. The van der Waals surface area contributed by atoms with Crippen molar-refractivity contribution in [3.8, 4) is 0 Å². The topological polar surface area (TPSA) is 115 Å². The summed E-state index contributed by atoms with van der Waals surface area (Å²) in [5, 5.41) is 14.6. The molecule has 1 aromatic carbocycles. The first-order valence-corrected chi connectivity index (χ1v) is 6.15. The quantitative estimate of drug-likeness (QED) is 0.749. The second kappa shape index (κ2) is 5.57. The Kier molecular flexibility index (Phi) is 3.85. The maximum atomic E-state index is 11.7. The van der Waals surface area contributed by atoms with Gasteiger partial charge >= 0.3 is 0 Å². The largest absolute Gasteiger partial charge is 0.545 e. The molecule has 1 heterocycles. The fraction of sp³-hybridized carbons (Fsp3) is 0. The maximum Gasteiger partial charge on any atom is 0.290 e. The molecule has 0 radical (unpaired) electrons. The van der Waals surface area contributed by atoms with E-state index >= 15 is 0 Å². The van der Waals surface area contributed by atoms with E-state index in [2.05, 4.69) is 5.32 Å². The fourth-order valence-electron chi connectivity index (χ4n) is 1.48. The number of anilines is 1. The number of para-hydroxylation sites is 1. The summed E-state index contributed by atoms with van der Waals surface area (Å²) in [5.41, 5.74) is -0.136. The average Bonchev–Trinajstić information content (AvgIpc) is 2.68. The average molecular weight is 291 g/mol. The molecule has 20 heavy (non-hydrogen) atoms. The number of aromatic carboxylic acids is 1. The lowest BCUT2D eigenvalue weighted by atomic mass is 10.2. The van der Waals surface area contributed by atoms with E-state index in [1.165, 1.54) is 24.3 Å². The molecule has 0 atom stereocenters. The zero-order chi connectivity index (χ0) is 14.7. The summed E-state index contributed by atoms with van der Waals surface area (Å²) in [4.78, 5) is 44.6. The lowest BCUT2D eigenvalue weighted by Crippen LogP contribution is -2.24. The van der Waals surface area contributed by atoms with Crippen LogP contribution < -0.4 is 15.7 Å². The van der Waals surface area contributed by atoms with Gasteiger partial charge in [0.15, 0.2) is 0 Å². The Labute approximate surface area is 117 Å². The van der Waals surface area contributed by atoms with Gasteiger partial charge in [0, 0.05) is 11.6 Å². The number of carbonyl (C=O) groups is 4. The van der Waals surface area contributed by atoms with E-state index < -0.39 is 23.0 Å². The van der Waals surface area contributed by atoms with E-state index in [1.54, 1.807) is 0 Å². The van der Waals surface area contributed by atoms with Crippen LogP contribution in [0.2, 0.25) is 0 Å². The Morgan fingerprint density at radius 2 is 1.95 bits per heavy atom. The van der Waals surface area contributed by atoms with Crippen LogP contribution in [-0.2, 0) is 9.59 Å². The molecule has 1 aliphatic heterocycles. The second-order valence-corrected chi connectivity index (χ2v) is 4.69. The Morgan fingerprint density at radius 3 is 2.55 bits per heavy atom. The van der Waals surface area contributed by atoms with Gasteiger partial charge in [0.05, 0.1) is 16.6 Å². The summed E-state index contributed by atoms with van der Waals surface area (Å²) in [6.45, 7) is 0. The van der Waals surface area contributed by atoms with Gasteiger partial charge in [-0.3, -0.25) is 19.7 Å². The third-order valence-corrected chi connectivity index (χ3v) is 3.12. The van der Waals surface area contributed by atoms with Gasteiger partial charge in [0.1, 0.15) is 0 Å². The molecule has 0 spiro atoms. The number of carbonyl (C=O) groups excluding carboxylic acids is 4. The summed E-state index contributed by atoms with van der Waals surface area (Å²) in [5.74, 6) is -2.81. The minimum absolute atomic E-state index is 0.0454. The van der Waals surface area contributed by atoms with Gasteiger partial charge in [-0.2, -0.15) is 0 Å². The molecule has 1 saturated heterocycles. The number of amides is 3. The number of imide groups is 1. The van der Waals surface area contributed by atoms with Gasteiger partial charge in [0.25, 0.3) is 11.1 Å². The number of hydrogen-bond donors (Lipinski definition) is 2. The van der Waals surface area contributed by atoms with Gasteiger partial charge < -0.3 is 15.2 Å². The molecular formula is C12H7N2O5S-. The first kappa shape index (κ1) is 13.8. The molecule has 0 unspecified atom stereocenters. The van der Waals surface area contributed by atoms with E-state index in [9.17, 15) is 24.3 Å². The van der Waals surface area contributed by atoms with Crippen LogP contribution in [0.3, 0.4) is 0 Å². The number of rotatable bonds is 3. The van der Waals surface area contributed by atoms with Gasteiger partial charge in [-0.15, -0.1) is 0 Å². The zero-order valence-electron chi connectivity index (χ0n) is 9.84. The number of carboxylic acid groups (broad SMARTS) is 1. The van der Waals surface area contributed by atoms with Crippen LogP contribution in [-0.4, -0.2) is 23.0 Å². The summed E-state index contributed by atoms with van der Waals surface area (Å²) in [6, 6.07) is 5.68. The van der Waals surface area contributed by atoms with Crippen LogP contribution in [0.4, 0.5) is 10.5 Å². The zero-order valence-corrected chi connectivity index (χ0v) is 10.7. The normalized spacial score (nSPS) is 16.1. The SMILES string of the molecule is O=C(/C=C1/SC(=O)NC1=O)Nc1ccccc1C(=O)[O-]. The minimum atomic E-state index is -1.43. The van der Waals surface area contributed by atoms with Crippen molar-refractivity contribution in [3.05, 3.63) is 40.8 Å². The third-order valence-electron chi connectivity index (χ3n) is 2.31. The Bertz CT molecular complexity index is 653. The van der Waals surface area contributed by atoms with Crippen molar-refractivity contribution in [2.45, 2.75) is 0 Å². The molecule has 1 aliphatic rings. The number of thioether (sulfide) groups is 1. The molecule has 102 valence electrons. The van der Waals surface area contributed by atoms with Crippen LogP contribution in [0.5, 0.6) is 0 Å². The van der Waals surface area contributed by atoms with Crippen molar-refractivity contribution in [2.75, 3.05) is 5.32 Å². The van der Waals surface area contributed by atoms with Crippen LogP contribution >= 0.6 is 11.8 Å². The van der Waals surface area contributed by atoms with Crippen molar-refractivity contribution in [1.29, 1.82) is 0 Å². The minimum Gasteiger partial charge on any atom is -0.545 e. The summed E-state index contributed by atoms with van der Waals surface area (Å²) in [6.07, 6.45) is 0.928. The maximum absolute atomic E-state index is 11.7. The van der Waals surface area contributed by atoms with Crippen molar-refractivity contribution in [3.63, 3.8) is 0 Å².